The molecule has 2 heterocycles. The fourth-order valence-electron chi connectivity index (χ4n) is 3.90. The number of aromatic nitrogens is 3. The zero-order chi connectivity index (χ0) is 19.9. The van der Waals surface area contributed by atoms with Gasteiger partial charge in [0.25, 0.3) is 5.91 Å². The Hall–Kier alpha value is -2.73. The van der Waals surface area contributed by atoms with Crippen LogP contribution in [0.5, 0.6) is 0 Å². The van der Waals surface area contributed by atoms with Gasteiger partial charge in [0.15, 0.2) is 5.69 Å². The van der Waals surface area contributed by atoms with Crippen molar-refractivity contribution in [2.45, 2.75) is 45.3 Å². The Morgan fingerprint density at radius 2 is 2.04 bits per heavy atom. The number of carbonyl (C=O) groups is 1. The van der Waals surface area contributed by atoms with Crippen molar-refractivity contribution in [2.24, 2.45) is 0 Å². The normalized spacial score (nSPS) is 15.9. The van der Waals surface area contributed by atoms with E-state index in [0.29, 0.717) is 18.3 Å². The van der Waals surface area contributed by atoms with E-state index < -0.39 is 0 Å². The molecule has 1 atom stereocenters. The molecule has 0 bridgehead atoms. The molecule has 1 aliphatic carbocycles. The number of hydrogen-bond donors (Lipinski definition) is 1. The van der Waals surface area contributed by atoms with Gasteiger partial charge in [0, 0.05) is 55.9 Å². The lowest BCUT2D eigenvalue weighted by molar-refractivity contribution is 0.0943. The molecule has 6 heteroatoms. The Bertz CT molecular complexity index is 817. The molecule has 0 radical (unpaired) electrons. The highest BCUT2D eigenvalue weighted by molar-refractivity contribution is 5.94. The monoisotopic (exact) mass is 379 g/mol. The molecule has 148 valence electrons. The number of nitrogens with one attached hydrogen (secondary N) is 1. The SMILES string of the molecule is C=CCN(CC=C)[C@@H]1CCc2c(c(C(=O)NCc3ccncc3)nn2CC)C1. The molecule has 0 spiro atoms. The van der Waals surface area contributed by atoms with Crippen LogP contribution in [-0.4, -0.2) is 44.7 Å². The minimum absolute atomic E-state index is 0.111. The van der Waals surface area contributed by atoms with E-state index >= 15 is 0 Å². The molecular formula is C22H29N5O. The highest BCUT2D eigenvalue weighted by atomic mass is 16.1. The third kappa shape index (κ3) is 4.39. The molecule has 1 amide bonds. The third-order valence-electron chi connectivity index (χ3n) is 5.28. The van der Waals surface area contributed by atoms with Crippen molar-refractivity contribution < 1.29 is 4.79 Å². The fourth-order valence-corrected chi connectivity index (χ4v) is 3.90. The number of pyridine rings is 1. The lowest BCUT2D eigenvalue weighted by atomic mass is 9.90. The molecule has 0 aliphatic heterocycles. The minimum atomic E-state index is -0.111. The molecule has 0 aromatic carbocycles. The van der Waals surface area contributed by atoms with Crippen molar-refractivity contribution in [3.8, 4) is 0 Å². The van der Waals surface area contributed by atoms with Crippen molar-refractivity contribution in [1.29, 1.82) is 0 Å². The van der Waals surface area contributed by atoms with Gasteiger partial charge in [-0.15, -0.1) is 13.2 Å². The molecular weight excluding hydrogens is 350 g/mol. The van der Waals surface area contributed by atoms with Crippen molar-refractivity contribution >= 4 is 5.91 Å². The van der Waals surface area contributed by atoms with Crippen LogP contribution in [0.2, 0.25) is 0 Å². The molecule has 28 heavy (non-hydrogen) atoms. The summed E-state index contributed by atoms with van der Waals surface area (Å²) < 4.78 is 1.98. The number of aryl methyl sites for hydroxylation is 1. The molecule has 3 rings (SSSR count). The van der Waals surface area contributed by atoms with Gasteiger partial charge >= 0.3 is 0 Å². The van der Waals surface area contributed by atoms with Gasteiger partial charge < -0.3 is 5.32 Å². The summed E-state index contributed by atoms with van der Waals surface area (Å²) in [5.74, 6) is -0.111. The number of carbonyl (C=O) groups excluding carboxylic acids is 1. The molecule has 0 unspecified atom stereocenters. The molecule has 6 nitrogen and oxygen atoms in total. The smallest absolute Gasteiger partial charge is 0.272 e. The molecule has 2 aromatic heterocycles. The summed E-state index contributed by atoms with van der Waals surface area (Å²) >= 11 is 0. The number of hydrogen-bond acceptors (Lipinski definition) is 4. The van der Waals surface area contributed by atoms with E-state index in [1.54, 1.807) is 12.4 Å². The number of fused-ring (bicyclic) bond motifs is 1. The average molecular weight is 380 g/mol. The van der Waals surface area contributed by atoms with E-state index in [4.69, 9.17) is 0 Å². The summed E-state index contributed by atoms with van der Waals surface area (Å²) in [7, 11) is 0. The standard InChI is InChI=1S/C22H29N5O/c1-4-13-26(14-5-2)18-7-8-20-19(15-18)21(25-27(20)6-3)22(28)24-16-17-9-11-23-12-10-17/h4-5,9-12,18H,1-2,6-8,13-16H2,3H3,(H,24,28)/t18-/m1/s1. The quantitative estimate of drug-likeness (QED) is 0.681. The van der Waals surface area contributed by atoms with Crippen LogP contribution < -0.4 is 5.32 Å². The molecule has 1 aliphatic rings. The predicted molar refractivity (Wildman–Crippen MR) is 111 cm³/mol. The highest BCUT2D eigenvalue weighted by Crippen LogP contribution is 2.28. The Morgan fingerprint density at radius 1 is 1.32 bits per heavy atom. The maximum Gasteiger partial charge on any atom is 0.272 e. The van der Waals surface area contributed by atoms with Gasteiger partial charge in [-0.3, -0.25) is 19.4 Å². The first kappa shape index (κ1) is 20.0. The van der Waals surface area contributed by atoms with Crippen LogP contribution in [0.1, 0.15) is 40.7 Å². The van der Waals surface area contributed by atoms with Gasteiger partial charge in [-0.25, -0.2) is 0 Å². The van der Waals surface area contributed by atoms with E-state index in [-0.39, 0.29) is 5.91 Å². The Kier molecular flexibility index (Phi) is 6.76. The maximum absolute atomic E-state index is 12.9. The Morgan fingerprint density at radius 3 is 2.68 bits per heavy atom. The van der Waals surface area contributed by atoms with E-state index in [1.807, 2.05) is 29.0 Å². The Labute approximate surface area is 167 Å². The van der Waals surface area contributed by atoms with E-state index in [0.717, 1.165) is 50.0 Å². The first-order valence-corrected chi connectivity index (χ1v) is 9.89. The zero-order valence-corrected chi connectivity index (χ0v) is 16.6. The summed E-state index contributed by atoms with van der Waals surface area (Å²) in [6.07, 6.45) is 10.1. The number of nitrogens with zero attached hydrogens (tertiary/aromatic N) is 4. The van der Waals surface area contributed by atoms with Crippen molar-refractivity contribution in [2.75, 3.05) is 13.1 Å². The van der Waals surface area contributed by atoms with Gasteiger partial charge in [0.2, 0.25) is 0 Å². The van der Waals surface area contributed by atoms with Gasteiger partial charge in [0.05, 0.1) is 0 Å². The summed E-state index contributed by atoms with van der Waals surface area (Å²) in [4.78, 5) is 19.3. The predicted octanol–water partition coefficient (Wildman–Crippen LogP) is 2.76. The van der Waals surface area contributed by atoms with Crippen molar-refractivity contribution in [1.82, 2.24) is 25.0 Å². The molecule has 2 aromatic rings. The second kappa shape index (κ2) is 9.46. The van der Waals surface area contributed by atoms with E-state index in [9.17, 15) is 4.79 Å². The van der Waals surface area contributed by atoms with Crippen LogP contribution in [-0.2, 0) is 25.9 Å². The highest BCUT2D eigenvalue weighted by Gasteiger charge is 2.30. The minimum Gasteiger partial charge on any atom is -0.347 e. The molecule has 0 saturated heterocycles. The van der Waals surface area contributed by atoms with E-state index in [1.165, 1.54) is 5.69 Å². The van der Waals surface area contributed by atoms with E-state index in [2.05, 4.69) is 40.4 Å². The zero-order valence-electron chi connectivity index (χ0n) is 16.6. The van der Waals surface area contributed by atoms with Crippen LogP contribution >= 0.6 is 0 Å². The molecule has 0 saturated carbocycles. The lowest BCUT2D eigenvalue weighted by Crippen LogP contribution is -2.40. The summed E-state index contributed by atoms with van der Waals surface area (Å²) in [5, 5.41) is 7.65. The van der Waals surface area contributed by atoms with Crippen LogP contribution in [0.25, 0.3) is 0 Å². The molecule has 1 N–H and O–H groups in total. The van der Waals surface area contributed by atoms with Gasteiger partial charge in [-0.1, -0.05) is 12.2 Å². The first-order chi connectivity index (χ1) is 13.7. The number of amides is 1. The van der Waals surface area contributed by atoms with Gasteiger partial charge in [-0.2, -0.15) is 5.10 Å². The lowest BCUT2D eigenvalue weighted by Gasteiger charge is -2.33. The second-order valence-electron chi connectivity index (χ2n) is 7.06. The fraction of sp³-hybridized carbons (Fsp3) is 0.409. The second-order valence-corrected chi connectivity index (χ2v) is 7.06. The topological polar surface area (TPSA) is 63.1 Å². The van der Waals surface area contributed by atoms with Gasteiger partial charge in [-0.05, 0) is 43.9 Å². The van der Waals surface area contributed by atoms with Crippen molar-refractivity contribution in [3.05, 3.63) is 72.4 Å². The summed E-state index contributed by atoms with van der Waals surface area (Å²) in [6.45, 7) is 12.7. The Balaban J connectivity index is 1.79. The summed E-state index contributed by atoms with van der Waals surface area (Å²) in [5.41, 5.74) is 3.87. The summed E-state index contributed by atoms with van der Waals surface area (Å²) in [6, 6.07) is 4.17. The van der Waals surface area contributed by atoms with Crippen LogP contribution in [0.15, 0.2) is 49.8 Å². The van der Waals surface area contributed by atoms with Crippen LogP contribution in [0, 0.1) is 0 Å². The average Bonchev–Trinajstić information content (AvgIpc) is 3.10. The largest absolute Gasteiger partial charge is 0.347 e. The van der Waals surface area contributed by atoms with Crippen molar-refractivity contribution in [3.63, 3.8) is 0 Å². The van der Waals surface area contributed by atoms with Crippen LogP contribution in [0.3, 0.4) is 0 Å². The molecule has 0 fully saturated rings. The number of rotatable bonds is 9. The third-order valence-corrected chi connectivity index (χ3v) is 5.28. The van der Waals surface area contributed by atoms with Crippen LogP contribution in [0.4, 0.5) is 0 Å². The van der Waals surface area contributed by atoms with Gasteiger partial charge in [0.1, 0.15) is 0 Å². The maximum atomic E-state index is 12.9. The first-order valence-electron chi connectivity index (χ1n) is 9.89.